The molecule has 68 heavy (non-hydrogen) atoms. The summed E-state index contributed by atoms with van der Waals surface area (Å²) in [6, 6.07) is -0.642. The Morgan fingerprint density at radius 1 is 0.412 bits per heavy atom. The highest BCUT2D eigenvalue weighted by atomic mass is 16.5. The highest BCUT2D eigenvalue weighted by Crippen LogP contribution is 2.16. The van der Waals surface area contributed by atoms with Crippen LogP contribution in [0.15, 0.2) is 60.8 Å². The van der Waals surface area contributed by atoms with Crippen LogP contribution in [0.3, 0.4) is 0 Å². The molecule has 1 amide bonds. The molecule has 0 spiro atoms. The maximum absolute atomic E-state index is 12.5. The van der Waals surface area contributed by atoms with Crippen LogP contribution in [0.4, 0.5) is 0 Å². The lowest BCUT2D eigenvalue weighted by Crippen LogP contribution is -2.45. The van der Waals surface area contributed by atoms with Crippen molar-refractivity contribution < 1.29 is 24.5 Å². The van der Waals surface area contributed by atoms with E-state index in [-0.39, 0.29) is 18.5 Å². The van der Waals surface area contributed by atoms with Gasteiger partial charge in [-0.3, -0.25) is 9.59 Å². The quantitative estimate of drug-likeness (QED) is 0.0321. The van der Waals surface area contributed by atoms with Crippen LogP contribution in [0.25, 0.3) is 0 Å². The first-order valence-corrected chi connectivity index (χ1v) is 29.6. The summed E-state index contributed by atoms with van der Waals surface area (Å²) in [7, 11) is 0. The van der Waals surface area contributed by atoms with Crippen molar-refractivity contribution in [2.75, 3.05) is 13.2 Å². The number of aliphatic hydroxyl groups is 2. The molecule has 0 aromatic rings. The molecule has 0 aromatic carbocycles. The number of aliphatic hydroxyl groups excluding tert-OH is 2. The molecular formula is C62H113NO5. The van der Waals surface area contributed by atoms with Gasteiger partial charge in [-0.25, -0.2) is 0 Å². The van der Waals surface area contributed by atoms with Gasteiger partial charge >= 0.3 is 5.97 Å². The largest absolute Gasteiger partial charge is 0.466 e. The van der Waals surface area contributed by atoms with Gasteiger partial charge < -0.3 is 20.3 Å². The van der Waals surface area contributed by atoms with Crippen LogP contribution in [0.2, 0.25) is 0 Å². The molecule has 3 N–H and O–H groups in total. The van der Waals surface area contributed by atoms with Gasteiger partial charge in [-0.2, -0.15) is 0 Å². The zero-order valence-corrected chi connectivity index (χ0v) is 45.1. The fourth-order valence-corrected chi connectivity index (χ4v) is 8.69. The average molecular weight is 953 g/mol. The van der Waals surface area contributed by atoms with Crippen molar-refractivity contribution in [2.24, 2.45) is 0 Å². The number of esters is 1. The standard InChI is InChI=1S/C62H113NO5/c1-3-5-7-9-11-13-15-17-19-21-23-26-30-34-38-42-46-50-54-60(65)59(58-64)63-61(66)55-51-47-43-39-35-31-27-24-22-25-29-33-37-41-45-49-53-57-68-62(67)56-52-48-44-40-36-32-28-20-18-16-14-12-10-8-6-4-2/h14,16,20,22,25,28,33,37,50,54,59-60,64-65H,3-13,15,17-19,21,23-24,26-27,29-32,34-36,38-49,51-53,55-58H2,1-2H3,(H,63,66)/b16-14-,25-22-,28-20-,37-33-,54-50+. The maximum atomic E-state index is 12.5. The van der Waals surface area contributed by atoms with Crippen molar-refractivity contribution in [3.05, 3.63) is 60.8 Å². The third kappa shape index (κ3) is 52.9. The molecule has 2 atom stereocenters. The summed E-state index contributed by atoms with van der Waals surface area (Å²) >= 11 is 0. The van der Waals surface area contributed by atoms with E-state index in [0.29, 0.717) is 19.4 Å². The van der Waals surface area contributed by atoms with Gasteiger partial charge in [0.1, 0.15) is 0 Å². The fourth-order valence-electron chi connectivity index (χ4n) is 8.69. The topological polar surface area (TPSA) is 95.9 Å². The van der Waals surface area contributed by atoms with Gasteiger partial charge in [-0.15, -0.1) is 0 Å². The number of carbonyl (C=O) groups excluding carboxylic acids is 2. The molecule has 0 bridgehead atoms. The average Bonchev–Trinajstić information content (AvgIpc) is 3.34. The summed E-state index contributed by atoms with van der Waals surface area (Å²) < 4.78 is 5.45. The predicted octanol–water partition coefficient (Wildman–Crippen LogP) is 18.4. The van der Waals surface area contributed by atoms with Gasteiger partial charge in [0.25, 0.3) is 0 Å². The van der Waals surface area contributed by atoms with Gasteiger partial charge in [0.05, 0.1) is 25.4 Å². The highest BCUT2D eigenvalue weighted by Gasteiger charge is 2.18. The zero-order chi connectivity index (χ0) is 49.3. The molecule has 6 nitrogen and oxygen atoms in total. The van der Waals surface area contributed by atoms with Crippen molar-refractivity contribution in [2.45, 2.75) is 309 Å². The second-order valence-electron chi connectivity index (χ2n) is 20.0. The van der Waals surface area contributed by atoms with Crippen LogP contribution in [-0.2, 0) is 14.3 Å². The molecule has 2 unspecified atom stereocenters. The normalized spacial score (nSPS) is 13.1. The van der Waals surface area contributed by atoms with Crippen molar-refractivity contribution in [3.63, 3.8) is 0 Å². The number of hydrogen-bond acceptors (Lipinski definition) is 5. The maximum Gasteiger partial charge on any atom is 0.305 e. The van der Waals surface area contributed by atoms with Crippen LogP contribution in [0.5, 0.6) is 0 Å². The molecule has 0 aliphatic heterocycles. The lowest BCUT2D eigenvalue weighted by molar-refractivity contribution is -0.143. The Kier molecular flexibility index (Phi) is 55.1. The van der Waals surface area contributed by atoms with E-state index in [1.807, 2.05) is 6.08 Å². The summed E-state index contributed by atoms with van der Waals surface area (Å²) in [5.41, 5.74) is 0. The van der Waals surface area contributed by atoms with E-state index in [9.17, 15) is 19.8 Å². The third-order valence-electron chi connectivity index (χ3n) is 13.3. The molecular weight excluding hydrogens is 839 g/mol. The number of nitrogens with one attached hydrogen (secondary N) is 1. The van der Waals surface area contributed by atoms with E-state index in [1.165, 1.54) is 173 Å². The minimum absolute atomic E-state index is 0.0305. The zero-order valence-electron chi connectivity index (χ0n) is 45.1. The number of carbonyl (C=O) groups is 2. The second-order valence-corrected chi connectivity index (χ2v) is 20.0. The lowest BCUT2D eigenvalue weighted by atomic mass is 10.0. The molecule has 0 aliphatic carbocycles. The molecule has 6 heteroatoms. The molecule has 0 aliphatic rings. The molecule has 0 heterocycles. The predicted molar refractivity (Wildman–Crippen MR) is 296 cm³/mol. The summed E-state index contributed by atoms with van der Waals surface area (Å²) in [5, 5.41) is 23.1. The first-order chi connectivity index (χ1) is 33.5. The monoisotopic (exact) mass is 952 g/mol. The minimum Gasteiger partial charge on any atom is -0.466 e. The number of rotatable bonds is 54. The van der Waals surface area contributed by atoms with Gasteiger partial charge in [0.15, 0.2) is 0 Å². The van der Waals surface area contributed by atoms with Crippen LogP contribution in [0.1, 0.15) is 296 Å². The molecule has 0 saturated carbocycles. The Morgan fingerprint density at radius 3 is 1.13 bits per heavy atom. The number of amides is 1. The van der Waals surface area contributed by atoms with Gasteiger partial charge in [-0.1, -0.05) is 242 Å². The van der Waals surface area contributed by atoms with Crippen LogP contribution >= 0.6 is 0 Å². The lowest BCUT2D eigenvalue weighted by Gasteiger charge is -2.20. The van der Waals surface area contributed by atoms with Crippen molar-refractivity contribution in [1.82, 2.24) is 5.32 Å². The number of allylic oxidation sites excluding steroid dienone is 9. The van der Waals surface area contributed by atoms with Crippen LogP contribution in [0, 0.1) is 0 Å². The SMILES string of the molecule is CCCCCC/C=C\C/C=C\CCCCCCCC(=O)OCCCCC/C=C\C/C=C\CCCCCCCCCC(=O)NC(CO)C(O)/C=C/CCCCCCCCCCCCCCCCCC. The first-order valence-electron chi connectivity index (χ1n) is 29.6. The second kappa shape index (κ2) is 57.1. The molecule has 0 radical (unpaired) electrons. The molecule has 0 saturated heterocycles. The minimum atomic E-state index is -0.857. The van der Waals surface area contributed by atoms with Gasteiger partial charge in [-0.05, 0) is 103 Å². The molecule has 396 valence electrons. The Balaban J connectivity index is 3.55. The van der Waals surface area contributed by atoms with E-state index in [1.54, 1.807) is 6.08 Å². The smallest absolute Gasteiger partial charge is 0.305 e. The number of unbranched alkanes of at least 4 members (excludes halogenated alkanes) is 35. The van der Waals surface area contributed by atoms with Gasteiger partial charge in [0.2, 0.25) is 5.91 Å². The summed E-state index contributed by atoms with van der Waals surface area (Å²) in [6.07, 6.45) is 73.8. The summed E-state index contributed by atoms with van der Waals surface area (Å²) in [4.78, 5) is 24.5. The number of ether oxygens (including phenoxy) is 1. The first kappa shape index (κ1) is 65.6. The van der Waals surface area contributed by atoms with E-state index in [2.05, 4.69) is 67.8 Å². The highest BCUT2D eigenvalue weighted by molar-refractivity contribution is 5.76. The molecule has 0 rings (SSSR count). The summed E-state index contributed by atoms with van der Waals surface area (Å²) in [5.74, 6) is -0.115. The third-order valence-corrected chi connectivity index (χ3v) is 13.3. The van der Waals surface area contributed by atoms with Crippen molar-refractivity contribution in [1.29, 1.82) is 0 Å². The Bertz CT molecular complexity index is 1190. The number of hydrogen-bond donors (Lipinski definition) is 3. The molecule has 0 fully saturated rings. The van der Waals surface area contributed by atoms with Crippen LogP contribution < -0.4 is 5.32 Å². The van der Waals surface area contributed by atoms with E-state index >= 15 is 0 Å². The van der Waals surface area contributed by atoms with Gasteiger partial charge in [0, 0.05) is 12.8 Å². The summed E-state index contributed by atoms with van der Waals surface area (Å²) in [6.45, 7) is 4.84. The van der Waals surface area contributed by atoms with Crippen molar-refractivity contribution in [3.8, 4) is 0 Å². The van der Waals surface area contributed by atoms with Crippen LogP contribution in [-0.4, -0.2) is 47.4 Å². The Hall–Kier alpha value is -2.44. The fraction of sp³-hybridized carbons (Fsp3) is 0.806. The van der Waals surface area contributed by atoms with E-state index in [4.69, 9.17) is 4.74 Å². The Labute approximate surface area is 422 Å². The molecule has 0 aromatic heterocycles. The van der Waals surface area contributed by atoms with Crippen molar-refractivity contribution >= 4 is 11.9 Å². The Morgan fingerprint density at radius 2 is 0.735 bits per heavy atom. The van der Waals surface area contributed by atoms with E-state index in [0.717, 1.165) is 96.3 Å². The van der Waals surface area contributed by atoms with E-state index < -0.39 is 12.1 Å².